The molecule has 0 spiro atoms. The molecule has 1 heterocycles. The highest BCUT2D eigenvalue weighted by Gasteiger charge is 2.26. The van der Waals surface area contributed by atoms with Crippen molar-refractivity contribution in [2.45, 2.75) is 25.7 Å². The number of anilines is 1. The quantitative estimate of drug-likeness (QED) is 0.706. The molecule has 1 atom stereocenters. The van der Waals surface area contributed by atoms with E-state index in [1.165, 1.54) is 24.0 Å². The lowest BCUT2D eigenvalue weighted by Gasteiger charge is -2.33. The SMILES string of the molecule is CN(C)CCN=C1Nc2ccc3c(c2[NH+]([O-])N1)CCCC3. The largest absolute Gasteiger partial charge is 0.603 e. The average Bonchev–Trinajstić information content (AvgIpc) is 2.46. The third-order valence-electron chi connectivity index (χ3n) is 4.06. The van der Waals surface area contributed by atoms with Gasteiger partial charge in [-0.15, -0.1) is 0 Å². The highest BCUT2D eigenvalue weighted by atomic mass is 16.5. The molecule has 1 aliphatic heterocycles. The van der Waals surface area contributed by atoms with Crippen LogP contribution in [-0.4, -0.2) is 38.0 Å². The number of likely N-dealkylation sites (N-methyl/N-ethyl adjacent to an activating group) is 1. The van der Waals surface area contributed by atoms with E-state index in [1.807, 2.05) is 20.2 Å². The fourth-order valence-corrected chi connectivity index (χ4v) is 2.96. The van der Waals surface area contributed by atoms with Crippen LogP contribution in [0.5, 0.6) is 0 Å². The van der Waals surface area contributed by atoms with E-state index in [0.717, 1.165) is 30.8 Å². The normalized spacial score (nSPS) is 22.5. The Kier molecular flexibility index (Phi) is 4.10. The molecule has 0 fully saturated rings. The van der Waals surface area contributed by atoms with Crippen molar-refractivity contribution < 1.29 is 5.17 Å². The summed E-state index contributed by atoms with van der Waals surface area (Å²) in [5.74, 6) is 0.560. The number of aryl methyl sites for hydroxylation is 1. The number of benzene rings is 1. The predicted molar refractivity (Wildman–Crippen MR) is 84.7 cm³/mol. The van der Waals surface area contributed by atoms with E-state index in [0.29, 0.717) is 12.5 Å². The van der Waals surface area contributed by atoms with Crippen molar-refractivity contribution in [3.05, 3.63) is 28.5 Å². The Balaban J connectivity index is 1.83. The fraction of sp³-hybridized carbons (Fsp3) is 0.533. The van der Waals surface area contributed by atoms with Crippen molar-refractivity contribution in [1.82, 2.24) is 10.3 Å². The molecule has 6 heteroatoms. The van der Waals surface area contributed by atoms with Gasteiger partial charge in [-0.1, -0.05) is 6.07 Å². The molecule has 0 saturated carbocycles. The van der Waals surface area contributed by atoms with Gasteiger partial charge in [-0.25, -0.2) is 10.2 Å². The Morgan fingerprint density at radius 1 is 1.29 bits per heavy atom. The van der Waals surface area contributed by atoms with Crippen molar-refractivity contribution >= 4 is 17.3 Å². The summed E-state index contributed by atoms with van der Waals surface area (Å²) in [6.45, 7) is 1.52. The second-order valence-electron chi connectivity index (χ2n) is 5.95. The molecule has 1 unspecified atom stereocenters. The molecule has 0 amide bonds. The molecule has 6 nitrogen and oxygen atoms in total. The molecule has 2 aliphatic rings. The molecule has 3 N–H and O–H groups in total. The number of hydrogen-bond acceptors (Lipinski definition) is 3. The van der Waals surface area contributed by atoms with Crippen LogP contribution in [0.1, 0.15) is 24.0 Å². The van der Waals surface area contributed by atoms with Gasteiger partial charge in [0, 0.05) is 12.1 Å². The summed E-state index contributed by atoms with van der Waals surface area (Å²) >= 11 is 0. The second-order valence-corrected chi connectivity index (χ2v) is 5.95. The lowest BCUT2D eigenvalue weighted by Crippen LogP contribution is -3.12. The van der Waals surface area contributed by atoms with Gasteiger partial charge in [-0.05, 0) is 51.4 Å². The number of fused-ring (bicyclic) bond motifs is 3. The number of nitrogens with one attached hydrogen (secondary N) is 3. The van der Waals surface area contributed by atoms with Crippen LogP contribution in [-0.2, 0) is 12.8 Å². The molecule has 0 aromatic heterocycles. The zero-order chi connectivity index (χ0) is 14.8. The molecule has 0 bridgehead atoms. The van der Waals surface area contributed by atoms with E-state index < -0.39 is 0 Å². The standard InChI is InChI=1S/C15H23N5O/c1-19(2)10-9-16-15-17-13-8-7-11-5-3-4-6-12(11)14(13)20(21)18-15/h7-8,20H,3-6,9-10H2,1-2H3,(H2,16,17,18). The summed E-state index contributed by atoms with van der Waals surface area (Å²) < 4.78 is 0. The first kappa shape index (κ1) is 14.3. The number of hydrogen-bond donors (Lipinski definition) is 3. The summed E-state index contributed by atoms with van der Waals surface area (Å²) in [6, 6.07) is 4.16. The minimum atomic E-state index is -0.0221. The summed E-state index contributed by atoms with van der Waals surface area (Å²) in [5.41, 5.74) is 7.13. The van der Waals surface area contributed by atoms with Gasteiger partial charge in [0.2, 0.25) is 5.96 Å². The van der Waals surface area contributed by atoms with Crippen molar-refractivity contribution in [1.29, 1.82) is 0 Å². The molecule has 114 valence electrons. The molecule has 21 heavy (non-hydrogen) atoms. The zero-order valence-electron chi connectivity index (χ0n) is 12.7. The molecule has 1 aromatic rings. The molecular formula is C15H23N5O. The maximum Gasteiger partial charge on any atom is 0.243 e. The molecule has 0 saturated heterocycles. The number of rotatable bonds is 3. The fourth-order valence-electron chi connectivity index (χ4n) is 2.96. The predicted octanol–water partition coefficient (Wildman–Crippen LogP) is 0.427. The minimum Gasteiger partial charge on any atom is -0.603 e. The lowest BCUT2D eigenvalue weighted by molar-refractivity contribution is -0.816. The summed E-state index contributed by atoms with van der Waals surface area (Å²) in [7, 11) is 4.02. The number of guanidine groups is 1. The number of aliphatic imine (C=N–C) groups is 1. The first-order valence-electron chi connectivity index (χ1n) is 7.57. The Labute approximate surface area is 125 Å². The topological polar surface area (TPSA) is 67.2 Å². The van der Waals surface area contributed by atoms with Crippen LogP contribution < -0.4 is 15.9 Å². The highest BCUT2D eigenvalue weighted by Crippen LogP contribution is 2.32. The van der Waals surface area contributed by atoms with Gasteiger partial charge in [0.05, 0.1) is 6.54 Å². The van der Waals surface area contributed by atoms with Gasteiger partial charge in [-0.3, -0.25) is 0 Å². The van der Waals surface area contributed by atoms with Crippen LogP contribution in [0.3, 0.4) is 0 Å². The Bertz CT molecular complexity index is 555. The van der Waals surface area contributed by atoms with Crippen LogP contribution in [0, 0.1) is 5.21 Å². The average molecular weight is 289 g/mol. The smallest absolute Gasteiger partial charge is 0.243 e. The molecule has 1 aromatic carbocycles. The van der Waals surface area contributed by atoms with E-state index in [9.17, 15) is 5.21 Å². The van der Waals surface area contributed by atoms with Crippen molar-refractivity contribution in [3.8, 4) is 0 Å². The van der Waals surface area contributed by atoms with Gasteiger partial charge >= 0.3 is 0 Å². The molecular weight excluding hydrogens is 266 g/mol. The van der Waals surface area contributed by atoms with Crippen LogP contribution in [0.15, 0.2) is 17.1 Å². The van der Waals surface area contributed by atoms with Gasteiger partial charge in [0.15, 0.2) is 5.69 Å². The number of quaternary nitrogens is 1. The van der Waals surface area contributed by atoms with E-state index in [4.69, 9.17) is 0 Å². The number of nitrogens with zero attached hydrogens (tertiary/aromatic N) is 2. The maximum atomic E-state index is 12.4. The minimum absolute atomic E-state index is 0.0221. The third kappa shape index (κ3) is 3.02. The second kappa shape index (κ2) is 6.01. The van der Waals surface area contributed by atoms with Gasteiger partial charge in [-0.2, -0.15) is 5.43 Å². The van der Waals surface area contributed by atoms with Crippen LogP contribution in [0.25, 0.3) is 0 Å². The van der Waals surface area contributed by atoms with Crippen molar-refractivity contribution in [3.63, 3.8) is 0 Å². The van der Waals surface area contributed by atoms with Crippen LogP contribution in [0.4, 0.5) is 11.4 Å². The van der Waals surface area contributed by atoms with E-state index >= 15 is 0 Å². The Morgan fingerprint density at radius 2 is 2.10 bits per heavy atom. The van der Waals surface area contributed by atoms with Crippen LogP contribution >= 0.6 is 0 Å². The van der Waals surface area contributed by atoms with E-state index in [1.54, 1.807) is 0 Å². The van der Waals surface area contributed by atoms with Crippen LogP contribution in [0.2, 0.25) is 0 Å². The first-order chi connectivity index (χ1) is 10.1. The van der Waals surface area contributed by atoms with E-state index in [-0.39, 0.29) is 5.17 Å². The summed E-state index contributed by atoms with van der Waals surface area (Å²) in [4.78, 5) is 6.49. The highest BCUT2D eigenvalue weighted by molar-refractivity contribution is 5.97. The molecule has 0 radical (unpaired) electrons. The maximum absolute atomic E-state index is 12.4. The lowest BCUT2D eigenvalue weighted by atomic mass is 9.89. The third-order valence-corrected chi connectivity index (χ3v) is 4.06. The molecule has 1 aliphatic carbocycles. The zero-order valence-corrected chi connectivity index (χ0v) is 12.7. The van der Waals surface area contributed by atoms with Crippen molar-refractivity contribution in [2.24, 2.45) is 4.99 Å². The van der Waals surface area contributed by atoms with E-state index in [2.05, 4.69) is 26.7 Å². The van der Waals surface area contributed by atoms with Gasteiger partial charge in [0.1, 0.15) is 5.69 Å². The summed E-state index contributed by atoms with van der Waals surface area (Å²) in [5, 5.41) is 15.7. The first-order valence-corrected chi connectivity index (χ1v) is 7.57. The van der Waals surface area contributed by atoms with Crippen molar-refractivity contribution in [2.75, 3.05) is 32.5 Å². The summed E-state index contributed by atoms with van der Waals surface area (Å²) in [6.07, 6.45) is 4.47. The van der Waals surface area contributed by atoms with Gasteiger partial charge in [0.25, 0.3) is 0 Å². The Hall–Kier alpha value is -1.63. The monoisotopic (exact) mass is 289 g/mol. The Morgan fingerprint density at radius 3 is 2.90 bits per heavy atom. The molecule has 3 rings (SSSR count). The van der Waals surface area contributed by atoms with Gasteiger partial charge < -0.3 is 15.4 Å².